The Morgan fingerprint density at radius 2 is 1.72 bits per heavy atom. The van der Waals surface area contributed by atoms with Gasteiger partial charge in [-0.15, -0.1) is 0 Å². The van der Waals surface area contributed by atoms with Gasteiger partial charge in [-0.05, 0) is 64.0 Å². The number of aliphatic imine (C=N–C) groups is 1. The van der Waals surface area contributed by atoms with Crippen LogP contribution in [0.4, 0.5) is 11.4 Å². The van der Waals surface area contributed by atoms with E-state index < -0.39 is 0 Å². The van der Waals surface area contributed by atoms with Crippen LogP contribution in [0.3, 0.4) is 0 Å². The van der Waals surface area contributed by atoms with Gasteiger partial charge in [0, 0.05) is 36.0 Å². The van der Waals surface area contributed by atoms with E-state index in [1.165, 1.54) is 5.69 Å². The largest absolute Gasteiger partial charge is 0.372 e. The molecule has 1 aromatic carbocycles. The number of rotatable bonds is 4. The van der Waals surface area contributed by atoms with Gasteiger partial charge in [0.2, 0.25) is 0 Å². The van der Waals surface area contributed by atoms with Crippen molar-refractivity contribution in [3.63, 3.8) is 0 Å². The van der Waals surface area contributed by atoms with E-state index in [1.54, 1.807) is 10.6 Å². The molecule has 154 valence electrons. The number of aryl methyl sites for hydroxylation is 1. The van der Waals surface area contributed by atoms with E-state index in [0.29, 0.717) is 5.82 Å². The summed E-state index contributed by atoms with van der Waals surface area (Å²) in [4.78, 5) is 24.9. The summed E-state index contributed by atoms with van der Waals surface area (Å²) >= 11 is 0. The molecule has 0 unspecified atom stereocenters. The molecule has 1 aromatic heterocycles. The zero-order chi connectivity index (χ0) is 21.5. The molecule has 5 heteroatoms. The first kappa shape index (κ1) is 21.0. The molecule has 0 amide bonds. The van der Waals surface area contributed by atoms with E-state index in [2.05, 4.69) is 64.6 Å². The molecule has 2 aromatic rings. The van der Waals surface area contributed by atoms with Crippen molar-refractivity contribution in [1.82, 2.24) is 9.55 Å². The maximum atomic E-state index is 12.8. The number of allylic oxidation sites excluding steroid dienone is 2. The van der Waals surface area contributed by atoms with E-state index >= 15 is 0 Å². The van der Waals surface area contributed by atoms with Crippen LogP contribution in [0.15, 0.2) is 39.6 Å². The number of nitrogens with zero attached hydrogens (tertiary/aromatic N) is 4. The first-order valence-corrected chi connectivity index (χ1v) is 10.4. The maximum absolute atomic E-state index is 12.8. The van der Waals surface area contributed by atoms with Crippen molar-refractivity contribution in [1.29, 1.82) is 0 Å². The molecule has 0 radical (unpaired) electrons. The minimum Gasteiger partial charge on any atom is -0.372 e. The topological polar surface area (TPSA) is 50.5 Å². The monoisotopic (exact) mass is 392 g/mol. The molecule has 1 aliphatic heterocycles. The molecule has 2 heterocycles. The van der Waals surface area contributed by atoms with Gasteiger partial charge in [0.15, 0.2) is 5.82 Å². The van der Waals surface area contributed by atoms with Crippen molar-refractivity contribution in [2.45, 2.75) is 60.8 Å². The molecule has 0 fully saturated rings. The molecule has 0 aliphatic carbocycles. The number of benzene rings is 1. The smallest absolute Gasteiger partial charge is 0.258 e. The Morgan fingerprint density at radius 3 is 2.28 bits per heavy atom. The second-order valence-electron chi connectivity index (χ2n) is 8.70. The molecule has 0 saturated heterocycles. The lowest BCUT2D eigenvalue weighted by atomic mass is 9.92. The molecule has 3 rings (SSSR count). The van der Waals surface area contributed by atoms with Crippen molar-refractivity contribution in [3.8, 4) is 0 Å². The van der Waals surface area contributed by atoms with E-state index in [1.807, 2.05) is 13.8 Å². The summed E-state index contributed by atoms with van der Waals surface area (Å²) in [5.41, 5.74) is 6.44. The summed E-state index contributed by atoms with van der Waals surface area (Å²) < 4.78 is 1.68. The van der Waals surface area contributed by atoms with Crippen LogP contribution in [0.5, 0.6) is 0 Å². The average molecular weight is 393 g/mol. The fraction of sp³-hybridized carbons (Fsp3) is 0.458. The molecule has 5 nitrogen and oxygen atoms in total. The second-order valence-corrected chi connectivity index (χ2v) is 8.70. The summed E-state index contributed by atoms with van der Waals surface area (Å²) in [6.45, 7) is 18.5. The minimum absolute atomic E-state index is 0.0458. The lowest BCUT2D eigenvalue weighted by molar-refractivity contribution is 0.562. The molecule has 0 bridgehead atoms. The summed E-state index contributed by atoms with van der Waals surface area (Å²) in [7, 11) is 0. The van der Waals surface area contributed by atoms with Gasteiger partial charge in [-0.1, -0.05) is 20.8 Å². The lowest BCUT2D eigenvalue weighted by Crippen LogP contribution is -2.27. The summed E-state index contributed by atoms with van der Waals surface area (Å²) in [5, 5.41) is 0. The van der Waals surface area contributed by atoms with Crippen LogP contribution in [0.1, 0.15) is 65.5 Å². The van der Waals surface area contributed by atoms with Crippen LogP contribution < -0.4 is 10.5 Å². The Balaban J connectivity index is 2.15. The van der Waals surface area contributed by atoms with Crippen LogP contribution >= 0.6 is 0 Å². The van der Waals surface area contributed by atoms with Gasteiger partial charge in [-0.2, -0.15) is 0 Å². The fourth-order valence-electron chi connectivity index (χ4n) is 3.66. The molecular formula is C24H32N4O. The van der Waals surface area contributed by atoms with Crippen LogP contribution in [0.2, 0.25) is 0 Å². The molecule has 0 atom stereocenters. The van der Waals surface area contributed by atoms with Crippen molar-refractivity contribution in [3.05, 3.63) is 57.3 Å². The van der Waals surface area contributed by atoms with Crippen LogP contribution in [-0.2, 0) is 5.41 Å². The third kappa shape index (κ3) is 3.78. The van der Waals surface area contributed by atoms with Gasteiger partial charge < -0.3 is 4.90 Å². The predicted molar refractivity (Wildman–Crippen MR) is 123 cm³/mol. The Hall–Kier alpha value is -2.69. The molecule has 0 N–H and O–H groups in total. The van der Waals surface area contributed by atoms with Gasteiger partial charge in [-0.25, -0.2) is 9.98 Å². The first-order chi connectivity index (χ1) is 13.6. The van der Waals surface area contributed by atoms with Crippen molar-refractivity contribution < 1.29 is 0 Å². The van der Waals surface area contributed by atoms with Crippen molar-refractivity contribution in [2.75, 3.05) is 18.0 Å². The Labute approximate surface area is 173 Å². The van der Waals surface area contributed by atoms with Crippen LogP contribution in [0.25, 0.3) is 5.70 Å². The summed E-state index contributed by atoms with van der Waals surface area (Å²) in [6.07, 6.45) is 0. The van der Waals surface area contributed by atoms with Gasteiger partial charge >= 0.3 is 0 Å². The zero-order valence-electron chi connectivity index (χ0n) is 18.9. The third-order valence-electron chi connectivity index (χ3n) is 5.67. The standard InChI is InChI=1S/C24H32N4O/c1-9-27(10-2)18-11-12-19(15(3)13-18)25-22-16(4)17(5)28-21(29)14-20(24(6,7)8)26-23(22)28/h11-14H,9-10H2,1-8H3. The number of hydrogen-bond acceptors (Lipinski definition) is 4. The number of hydrogen-bond donors (Lipinski definition) is 0. The average Bonchev–Trinajstić information content (AvgIpc) is 2.89. The Morgan fingerprint density at radius 1 is 1.07 bits per heavy atom. The molecule has 1 aliphatic rings. The summed E-state index contributed by atoms with van der Waals surface area (Å²) in [5.74, 6) is 0.643. The predicted octanol–water partition coefficient (Wildman–Crippen LogP) is 5.08. The maximum Gasteiger partial charge on any atom is 0.258 e. The van der Waals surface area contributed by atoms with E-state index in [-0.39, 0.29) is 11.0 Å². The van der Waals surface area contributed by atoms with Crippen LogP contribution in [0, 0.1) is 6.92 Å². The zero-order valence-corrected chi connectivity index (χ0v) is 18.9. The van der Waals surface area contributed by atoms with Gasteiger partial charge in [-0.3, -0.25) is 9.36 Å². The molecular weight excluding hydrogens is 360 g/mol. The Bertz CT molecular complexity index is 1060. The molecule has 0 saturated carbocycles. The highest BCUT2D eigenvalue weighted by Gasteiger charge is 2.28. The van der Waals surface area contributed by atoms with Gasteiger partial charge in [0.1, 0.15) is 5.71 Å². The SMILES string of the molecule is CCN(CC)c1ccc(N=C2C(C)=C(C)n3c2nc(C(C)(C)C)cc3=O)c(C)c1. The fourth-order valence-corrected chi connectivity index (χ4v) is 3.66. The number of fused-ring (bicyclic) bond motifs is 1. The summed E-state index contributed by atoms with van der Waals surface area (Å²) in [6, 6.07) is 8.01. The molecule has 29 heavy (non-hydrogen) atoms. The highest BCUT2D eigenvalue weighted by atomic mass is 16.1. The highest BCUT2D eigenvalue weighted by Crippen LogP contribution is 2.30. The minimum atomic E-state index is -0.203. The van der Waals surface area contributed by atoms with E-state index in [4.69, 9.17) is 9.98 Å². The van der Waals surface area contributed by atoms with Crippen LogP contribution in [-0.4, -0.2) is 28.4 Å². The quantitative estimate of drug-likeness (QED) is 0.729. The number of anilines is 1. The molecule has 0 spiro atoms. The normalized spacial score (nSPS) is 15.2. The highest BCUT2D eigenvalue weighted by molar-refractivity contribution is 6.17. The van der Waals surface area contributed by atoms with Gasteiger partial charge in [0.25, 0.3) is 5.56 Å². The van der Waals surface area contributed by atoms with E-state index in [0.717, 1.165) is 47.0 Å². The van der Waals surface area contributed by atoms with Crippen molar-refractivity contribution in [2.24, 2.45) is 4.99 Å². The Kier molecular flexibility index (Phi) is 5.52. The lowest BCUT2D eigenvalue weighted by Gasteiger charge is -2.21. The third-order valence-corrected chi connectivity index (χ3v) is 5.67. The van der Waals surface area contributed by atoms with Crippen molar-refractivity contribution >= 4 is 22.8 Å². The number of aromatic nitrogens is 2. The first-order valence-electron chi connectivity index (χ1n) is 10.4. The second kappa shape index (κ2) is 7.62. The van der Waals surface area contributed by atoms with Gasteiger partial charge in [0.05, 0.1) is 11.4 Å². The van der Waals surface area contributed by atoms with E-state index in [9.17, 15) is 4.79 Å².